The molecule has 3 rings (SSSR count). The number of rotatable bonds is 2. The number of benzene rings is 2. The van der Waals surface area contributed by atoms with Crippen LogP contribution in [0.4, 0.5) is 0 Å². The minimum Gasteiger partial charge on any atom is -0.361 e. The van der Waals surface area contributed by atoms with Gasteiger partial charge in [0.2, 0.25) is 0 Å². The maximum Gasteiger partial charge on any atom is 0.156 e. The lowest BCUT2D eigenvalue weighted by Crippen LogP contribution is -2.31. The number of thioether (sulfide) groups is 1. The van der Waals surface area contributed by atoms with Crippen LogP contribution in [0, 0.1) is 5.41 Å². The quantitative estimate of drug-likeness (QED) is 0.899. The highest BCUT2D eigenvalue weighted by atomic mass is 32.2. The van der Waals surface area contributed by atoms with Crippen molar-refractivity contribution in [3.8, 4) is 0 Å². The van der Waals surface area contributed by atoms with Crippen LogP contribution in [-0.4, -0.2) is 17.5 Å². The molecule has 0 radical (unpaired) electrons. The first-order chi connectivity index (χ1) is 9.64. The van der Waals surface area contributed by atoms with Gasteiger partial charge in [-0.2, -0.15) is 0 Å². The van der Waals surface area contributed by atoms with E-state index in [1.807, 2.05) is 11.8 Å². The van der Waals surface area contributed by atoms with Crippen LogP contribution in [0.5, 0.6) is 0 Å². The molecule has 104 valence electrons. The molecule has 0 unspecified atom stereocenters. The summed E-state index contributed by atoms with van der Waals surface area (Å²) in [7, 11) is 0. The van der Waals surface area contributed by atoms with E-state index in [1.165, 1.54) is 16.3 Å². The number of nitrogens with zero attached hydrogens (tertiary/aromatic N) is 1. The molecule has 2 aromatic rings. The lowest BCUT2D eigenvalue weighted by molar-refractivity contribution is 0.436. The molecule has 2 nitrogen and oxygen atoms in total. The molecule has 0 fully saturated rings. The summed E-state index contributed by atoms with van der Waals surface area (Å²) in [6.45, 7) is 6.29. The zero-order valence-electron chi connectivity index (χ0n) is 12.0. The Morgan fingerprint density at radius 3 is 2.75 bits per heavy atom. The molecular formula is C17H20N2S. The van der Waals surface area contributed by atoms with Gasteiger partial charge in [-0.25, -0.2) is 0 Å². The molecule has 20 heavy (non-hydrogen) atoms. The number of hydrogen-bond acceptors (Lipinski definition) is 3. The second-order valence-corrected chi connectivity index (χ2v) is 7.03. The Hall–Kier alpha value is -1.48. The zero-order chi connectivity index (χ0) is 14.0. The molecule has 1 heterocycles. The van der Waals surface area contributed by atoms with Gasteiger partial charge in [0, 0.05) is 18.8 Å². The van der Waals surface area contributed by atoms with Crippen LogP contribution >= 0.6 is 11.8 Å². The van der Waals surface area contributed by atoms with Crippen molar-refractivity contribution >= 4 is 27.7 Å². The van der Waals surface area contributed by atoms with E-state index in [0.29, 0.717) is 5.41 Å². The van der Waals surface area contributed by atoms with Gasteiger partial charge in [-0.3, -0.25) is 4.99 Å². The van der Waals surface area contributed by atoms with Crippen molar-refractivity contribution in [1.82, 2.24) is 5.32 Å². The number of aliphatic imine (C=N–C) groups is 1. The summed E-state index contributed by atoms with van der Waals surface area (Å²) < 4.78 is 0. The topological polar surface area (TPSA) is 24.4 Å². The van der Waals surface area contributed by atoms with Gasteiger partial charge < -0.3 is 5.32 Å². The average Bonchev–Trinajstić information content (AvgIpc) is 2.46. The first kappa shape index (κ1) is 13.5. The molecule has 0 bridgehead atoms. The van der Waals surface area contributed by atoms with Gasteiger partial charge in [-0.05, 0) is 21.8 Å². The molecule has 0 aromatic heterocycles. The highest BCUT2D eigenvalue weighted by Gasteiger charge is 2.23. The SMILES string of the molecule is CC1(C)CN=C(NCc2cccc3ccccc23)SC1. The van der Waals surface area contributed by atoms with Crippen LogP contribution in [0.15, 0.2) is 47.5 Å². The van der Waals surface area contributed by atoms with Crippen LogP contribution < -0.4 is 5.32 Å². The van der Waals surface area contributed by atoms with Gasteiger partial charge in [0.25, 0.3) is 0 Å². The Labute approximate surface area is 124 Å². The van der Waals surface area contributed by atoms with Crippen LogP contribution in [0.3, 0.4) is 0 Å². The zero-order valence-corrected chi connectivity index (χ0v) is 12.8. The average molecular weight is 284 g/mol. The fourth-order valence-corrected chi connectivity index (χ4v) is 3.31. The fourth-order valence-electron chi connectivity index (χ4n) is 2.37. The summed E-state index contributed by atoms with van der Waals surface area (Å²) in [4.78, 5) is 4.65. The predicted octanol–water partition coefficient (Wildman–Crippen LogP) is 4.06. The summed E-state index contributed by atoms with van der Waals surface area (Å²) in [5, 5.41) is 7.18. The van der Waals surface area contributed by atoms with Crippen molar-refractivity contribution in [3.63, 3.8) is 0 Å². The largest absolute Gasteiger partial charge is 0.361 e. The molecule has 3 heteroatoms. The van der Waals surface area contributed by atoms with Crippen molar-refractivity contribution in [2.24, 2.45) is 10.4 Å². The summed E-state index contributed by atoms with van der Waals surface area (Å²) in [5.41, 5.74) is 1.66. The maximum absolute atomic E-state index is 4.65. The minimum absolute atomic E-state index is 0.329. The molecule has 0 amide bonds. The van der Waals surface area contributed by atoms with Gasteiger partial charge >= 0.3 is 0 Å². The third-order valence-corrected chi connectivity index (χ3v) is 5.03. The van der Waals surface area contributed by atoms with Crippen molar-refractivity contribution in [3.05, 3.63) is 48.0 Å². The number of nitrogens with one attached hydrogen (secondary N) is 1. The van der Waals surface area contributed by atoms with E-state index in [-0.39, 0.29) is 0 Å². The maximum atomic E-state index is 4.65. The van der Waals surface area contributed by atoms with Crippen LogP contribution in [0.25, 0.3) is 10.8 Å². The molecule has 0 saturated heterocycles. The Balaban J connectivity index is 1.73. The van der Waals surface area contributed by atoms with E-state index < -0.39 is 0 Å². The Morgan fingerprint density at radius 1 is 1.15 bits per heavy atom. The van der Waals surface area contributed by atoms with Crippen molar-refractivity contribution in [2.45, 2.75) is 20.4 Å². The Morgan fingerprint density at radius 2 is 1.95 bits per heavy atom. The highest BCUT2D eigenvalue weighted by molar-refractivity contribution is 8.13. The monoisotopic (exact) mass is 284 g/mol. The van der Waals surface area contributed by atoms with E-state index in [1.54, 1.807) is 0 Å². The first-order valence-electron chi connectivity index (χ1n) is 7.02. The summed E-state index contributed by atoms with van der Waals surface area (Å²) in [6.07, 6.45) is 0. The molecule has 1 aliphatic rings. The highest BCUT2D eigenvalue weighted by Crippen LogP contribution is 2.27. The van der Waals surface area contributed by atoms with Gasteiger partial charge in [0.15, 0.2) is 5.17 Å². The fraction of sp³-hybridized carbons (Fsp3) is 0.353. The predicted molar refractivity (Wildman–Crippen MR) is 89.3 cm³/mol. The Bertz CT molecular complexity index is 641. The lowest BCUT2D eigenvalue weighted by Gasteiger charge is -2.27. The summed E-state index contributed by atoms with van der Waals surface area (Å²) in [5.74, 6) is 1.13. The molecule has 1 N–H and O–H groups in total. The number of fused-ring (bicyclic) bond motifs is 1. The van der Waals surface area contributed by atoms with Crippen molar-refractivity contribution in [1.29, 1.82) is 0 Å². The second-order valence-electron chi connectivity index (χ2n) is 6.07. The number of amidine groups is 1. The van der Waals surface area contributed by atoms with Gasteiger partial charge in [-0.1, -0.05) is 68.1 Å². The lowest BCUT2D eigenvalue weighted by atomic mass is 9.97. The van der Waals surface area contributed by atoms with Crippen LogP contribution in [0.1, 0.15) is 19.4 Å². The third-order valence-electron chi connectivity index (χ3n) is 3.56. The molecule has 0 aliphatic carbocycles. The van der Waals surface area contributed by atoms with E-state index in [4.69, 9.17) is 0 Å². The standard InChI is InChI=1S/C17H20N2S/c1-17(2)11-19-16(20-12-17)18-10-14-8-5-7-13-6-3-4-9-15(13)14/h3-9H,10-12H2,1-2H3,(H,18,19). The van der Waals surface area contributed by atoms with Crippen LogP contribution in [0.2, 0.25) is 0 Å². The van der Waals surface area contributed by atoms with E-state index in [9.17, 15) is 0 Å². The minimum atomic E-state index is 0.329. The third kappa shape index (κ3) is 2.98. The van der Waals surface area contributed by atoms with Gasteiger partial charge in [0.1, 0.15) is 0 Å². The summed E-state index contributed by atoms with van der Waals surface area (Å²) >= 11 is 1.83. The Kier molecular flexibility index (Phi) is 3.70. The smallest absolute Gasteiger partial charge is 0.156 e. The van der Waals surface area contributed by atoms with Crippen molar-refractivity contribution in [2.75, 3.05) is 12.3 Å². The molecule has 0 saturated carbocycles. The molecule has 1 aliphatic heterocycles. The van der Waals surface area contributed by atoms with Gasteiger partial charge in [-0.15, -0.1) is 0 Å². The number of hydrogen-bond donors (Lipinski definition) is 1. The molecular weight excluding hydrogens is 264 g/mol. The molecule has 0 spiro atoms. The van der Waals surface area contributed by atoms with Gasteiger partial charge in [0.05, 0.1) is 0 Å². The second kappa shape index (κ2) is 5.49. The molecule has 0 atom stereocenters. The first-order valence-corrected chi connectivity index (χ1v) is 8.00. The normalized spacial score (nSPS) is 17.8. The van der Waals surface area contributed by atoms with E-state index >= 15 is 0 Å². The van der Waals surface area contributed by atoms with Crippen molar-refractivity contribution < 1.29 is 0 Å². The van der Waals surface area contributed by atoms with Crippen LogP contribution in [-0.2, 0) is 6.54 Å². The molecule has 2 aromatic carbocycles. The summed E-state index contributed by atoms with van der Waals surface area (Å²) in [6, 6.07) is 15.0. The van der Waals surface area contributed by atoms with E-state index in [2.05, 4.69) is 66.6 Å². The van der Waals surface area contributed by atoms with E-state index in [0.717, 1.165) is 24.0 Å².